The van der Waals surface area contributed by atoms with E-state index in [-0.39, 0.29) is 53.2 Å². The molecule has 60 heavy (non-hydrogen) atoms. The van der Waals surface area contributed by atoms with Crippen molar-refractivity contribution in [3.05, 3.63) is 101 Å². The van der Waals surface area contributed by atoms with Crippen LogP contribution in [0.3, 0.4) is 0 Å². The van der Waals surface area contributed by atoms with Gasteiger partial charge in [-0.2, -0.15) is 0 Å². The second kappa shape index (κ2) is 17.6. The standard InChI is InChI=1S/C43H46N8O7S2/c1-43(2,24-46-40(54)34-16-27(21-49(34)3)25-11-13-28(14-12-25)47-41(55)39-48-37(44)22-50(39)4)60-59-23-26-8-6-9-33-30(26)17-29-20-45-32-19-36(58-15-7-10-38(52)53)35(57-5)18-31(32)42(56)51(29)33/h6,8-9,11-14,16,18-22,29H,7,10,15,17,23-24,44H2,1-5H3,(H,46,54)(H,47,55)(H,52,53)/t29-/m0/s1. The zero-order chi connectivity index (χ0) is 42.7. The van der Waals surface area contributed by atoms with Crippen molar-refractivity contribution in [2.24, 2.45) is 19.1 Å². The third-order valence-electron chi connectivity index (χ3n) is 10.1. The van der Waals surface area contributed by atoms with E-state index in [1.807, 2.05) is 43.6 Å². The van der Waals surface area contributed by atoms with Crippen LogP contribution < -0.4 is 30.7 Å². The quantitative estimate of drug-likeness (QED) is 0.0597. The molecular formula is C43H46N8O7S2. The zero-order valence-corrected chi connectivity index (χ0v) is 35.5. The molecule has 3 aromatic carbocycles. The van der Waals surface area contributed by atoms with Crippen LogP contribution in [-0.2, 0) is 31.1 Å². The number of fused-ring (bicyclic) bond motifs is 4. The van der Waals surface area contributed by atoms with Crippen molar-refractivity contribution in [2.75, 3.05) is 36.2 Å². The number of aromatic nitrogens is 3. The lowest BCUT2D eigenvalue weighted by Gasteiger charge is -2.24. The maximum atomic E-state index is 14.1. The van der Waals surface area contributed by atoms with Crippen LogP contribution in [0.25, 0.3) is 11.1 Å². The number of methoxy groups -OCH3 is 1. The molecule has 312 valence electrons. The minimum atomic E-state index is -0.894. The van der Waals surface area contributed by atoms with Gasteiger partial charge in [-0.05, 0) is 67.3 Å². The molecule has 0 bridgehead atoms. The summed E-state index contributed by atoms with van der Waals surface area (Å²) in [6, 6.07) is 18.3. The number of hydrogen-bond acceptors (Lipinski definition) is 11. The second-order valence-corrected chi connectivity index (χ2v) is 18.2. The number of carboxylic acids is 1. The predicted octanol–water partition coefficient (Wildman–Crippen LogP) is 6.89. The molecule has 0 saturated heterocycles. The minimum Gasteiger partial charge on any atom is -0.493 e. The van der Waals surface area contributed by atoms with Gasteiger partial charge in [0.1, 0.15) is 11.5 Å². The predicted molar refractivity (Wildman–Crippen MR) is 236 cm³/mol. The van der Waals surface area contributed by atoms with E-state index in [0.717, 1.165) is 27.9 Å². The number of nitrogens with zero attached hydrogens (tertiary/aromatic N) is 5. The van der Waals surface area contributed by atoms with E-state index in [0.29, 0.717) is 59.3 Å². The van der Waals surface area contributed by atoms with Gasteiger partial charge in [0.15, 0.2) is 11.5 Å². The lowest BCUT2D eigenvalue weighted by atomic mass is 10.0. The Kier molecular flexibility index (Phi) is 12.3. The number of benzene rings is 3. The van der Waals surface area contributed by atoms with Crippen molar-refractivity contribution < 1.29 is 33.8 Å². The van der Waals surface area contributed by atoms with Gasteiger partial charge in [-0.1, -0.05) is 45.9 Å². The van der Waals surface area contributed by atoms with Crippen LogP contribution in [0.1, 0.15) is 69.3 Å². The maximum absolute atomic E-state index is 14.1. The summed E-state index contributed by atoms with van der Waals surface area (Å²) >= 11 is 0. The Morgan fingerprint density at radius 2 is 1.78 bits per heavy atom. The Labute approximate surface area is 355 Å². The topological polar surface area (TPSA) is 195 Å². The Hall–Kier alpha value is -6.20. The average Bonchev–Trinajstić information content (AvgIpc) is 3.88. The smallest absolute Gasteiger partial charge is 0.303 e. The minimum absolute atomic E-state index is 0.0125. The van der Waals surface area contributed by atoms with Gasteiger partial charge in [0.25, 0.3) is 17.7 Å². The molecule has 0 unspecified atom stereocenters. The van der Waals surface area contributed by atoms with Crippen LogP contribution in [0.2, 0.25) is 0 Å². The van der Waals surface area contributed by atoms with Crippen molar-refractivity contribution in [3.8, 4) is 22.6 Å². The van der Waals surface area contributed by atoms with E-state index in [1.165, 1.54) is 7.11 Å². The Morgan fingerprint density at radius 1 is 1.00 bits per heavy atom. The molecule has 5 aromatic rings. The first-order valence-corrected chi connectivity index (χ1v) is 21.5. The molecule has 3 amide bonds. The highest BCUT2D eigenvalue weighted by Gasteiger charge is 2.38. The molecule has 1 atom stereocenters. The monoisotopic (exact) mass is 850 g/mol. The van der Waals surface area contributed by atoms with Crippen molar-refractivity contribution in [2.45, 2.75) is 49.7 Å². The number of aliphatic imine (C=N–C) groups is 1. The van der Waals surface area contributed by atoms with E-state index in [2.05, 4.69) is 35.5 Å². The number of carbonyl (C=O) groups is 4. The summed E-state index contributed by atoms with van der Waals surface area (Å²) in [5.41, 5.74) is 12.5. The summed E-state index contributed by atoms with van der Waals surface area (Å²) in [6.45, 7) is 4.81. The molecule has 0 fully saturated rings. The van der Waals surface area contributed by atoms with Crippen LogP contribution in [0.4, 0.5) is 22.9 Å². The molecule has 0 saturated carbocycles. The van der Waals surface area contributed by atoms with Crippen molar-refractivity contribution in [3.63, 3.8) is 0 Å². The normalized spacial score (nSPS) is 14.2. The molecule has 17 heteroatoms. The van der Waals surface area contributed by atoms with E-state index in [9.17, 15) is 19.2 Å². The Morgan fingerprint density at radius 3 is 2.50 bits per heavy atom. The van der Waals surface area contributed by atoms with E-state index >= 15 is 0 Å². The van der Waals surface area contributed by atoms with Crippen molar-refractivity contribution in [1.29, 1.82) is 0 Å². The maximum Gasteiger partial charge on any atom is 0.303 e. The molecule has 15 nitrogen and oxygen atoms in total. The van der Waals surface area contributed by atoms with Crippen LogP contribution >= 0.6 is 21.6 Å². The highest BCUT2D eigenvalue weighted by molar-refractivity contribution is 8.76. The fourth-order valence-electron chi connectivity index (χ4n) is 7.12. The first kappa shape index (κ1) is 41.9. The molecule has 0 spiro atoms. The third-order valence-corrected chi connectivity index (χ3v) is 13.4. The summed E-state index contributed by atoms with van der Waals surface area (Å²) in [7, 11) is 8.44. The molecule has 7 rings (SSSR count). The van der Waals surface area contributed by atoms with Crippen molar-refractivity contribution in [1.82, 2.24) is 19.4 Å². The number of aryl methyl sites for hydroxylation is 2. The van der Waals surface area contributed by atoms with Gasteiger partial charge in [-0.25, -0.2) is 4.98 Å². The van der Waals surface area contributed by atoms with Gasteiger partial charge in [0.05, 0.1) is 31.0 Å². The molecule has 4 heterocycles. The summed E-state index contributed by atoms with van der Waals surface area (Å²) in [6.07, 6.45) is 6.22. The van der Waals surface area contributed by atoms with Gasteiger partial charge in [-0.3, -0.25) is 29.1 Å². The summed E-state index contributed by atoms with van der Waals surface area (Å²) < 4.78 is 14.4. The number of rotatable bonds is 16. The SMILES string of the molecule is COc1cc2c(cc1OCCCC(=O)O)N=C[C@@H]1Cc3c(CSSC(C)(C)CNC(=O)c4cc(-c5ccc(NC(=O)c6nc(N)cn6C)cc5)cn4C)cccc3N1C2=O. The van der Waals surface area contributed by atoms with E-state index < -0.39 is 5.97 Å². The third kappa shape index (κ3) is 9.16. The highest BCUT2D eigenvalue weighted by atomic mass is 33.1. The fraction of sp³-hybridized carbons (Fsp3) is 0.302. The van der Waals surface area contributed by atoms with Gasteiger partial charge in [0.2, 0.25) is 5.82 Å². The zero-order valence-electron chi connectivity index (χ0n) is 33.9. The molecule has 2 aliphatic heterocycles. The molecular weight excluding hydrogens is 805 g/mol. The summed E-state index contributed by atoms with van der Waals surface area (Å²) in [5, 5.41) is 14.9. The highest BCUT2D eigenvalue weighted by Crippen LogP contribution is 2.44. The molecule has 0 radical (unpaired) electrons. The van der Waals surface area contributed by atoms with Crippen molar-refractivity contribution >= 4 is 74.4 Å². The fourth-order valence-corrected chi connectivity index (χ4v) is 9.72. The Balaban J connectivity index is 0.935. The van der Waals surface area contributed by atoms with Crippen LogP contribution in [0.15, 0.2) is 78.0 Å². The lowest BCUT2D eigenvalue weighted by molar-refractivity contribution is -0.137. The number of imidazole rings is 1. The first-order chi connectivity index (χ1) is 28.7. The van der Waals surface area contributed by atoms with Gasteiger partial charge in [-0.15, -0.1) is 0 Å². The number of nitrogen functional groups attached to an aromatic ring is 1. The van der Waals surface area contributed by atoms with Gasteiger partial charge < -0.3 is 40.1 Å². The summed E-state index contributed by atoms with van der Waals surface area (Å²) in [5.74, 6) is 0.331. The summed E-state index contributed by atoms with van der Waals surface area (Å²) in [4.78, 5) is 61.6. The Bertz CT molecular complexity index is 2490. The molecule has 2 aromatic heterocycles. The van der Waals surface area contributed by atoms with Crippen LogP contribution in [-0.4, -0.2) is 80.2 Å². The van der Waals surface area contributed by atoms with E-state index in [4.69, 9.17) is 25.3 Å². The van der Waals surface area contributed by atoms with Gasteiger partial charge >= 0.3 is 5.97 Å². The van der Waals surface area contributed by atoms with Gasteiger partial charge in [0, 0.05) is 85.6 Å². The number of amides is 3. The van der Waals surface area contributed by atoms with Crippen LogP contribution in [0.5, 0.6) is 11.5 Å². The number of ether oxygens (including phenoxy) is 2. The number of carbonyl (C=O) groups excluding carboxylic acids is 3. The molecule has 5 N–H and O–H groups in total. The number of anilines is 3. The number of aliphatic carboxylic acids is 1. The number of nitrogens with two attached hydrogens (primary N) is 1. The lowest BCUT2D eigenvalue weighted by Crippen LogP contribution is -2.37. The average molecular weight is 851 g/mol. The number of hydrogen-bond donors (Lipinski definition) is 4. The molecule has 0 aliphatic carbocycles. The van der Waals surface area contributed by atoms with E-state index in [1.54, 1.807) is 79.3 Å². The molecule has 2 aliphatic rings. The number of carboxylic acid groups (broad SMARTS) is 1. The van der Waals surface area contributed by atoms with Crippen LogP contribution in [0, 0.1) is 0 Å². The second-order valence-electron chi connectivity index (χ2n) is 15.2. The number of nitrogens with one attached hydrogen (secondary N) is 2. The first-order valence-electron chi connectivity index (χ1n) is 19.2. The largest absolute Gasteiger partial charge is 0.493 e.